The van der Waals surface area contributed by atoms with Crippen LogP contribution in [-0.4, -0.2) is 30.0 Å². The largest absolute Gasteiger partial charge is 0.491 e. The molecule has 1 aromatic carbocycles. The third-order valence-electron chi connectivity index (χ3n) is 3.44. The molecule has 0 spiro atoms. The summed E-state index contributed by atoms with van der Waals surface area (Å²) in [7, 11) is 0. The van der Waals surface area contributed by atoms with Gasteiger partial charge in [-0.15, -0.1) is 0 Å². The van der Waals surface area contributed by atoms with Gasteiger partial charge >= 0.3 is 0 Å². The maximum absolute atomic E-state index is 12.3. The average molecular weight is 292 g/mol. The molecule has 0 fully saturated rings. The summed E-state index contributed by atoms with van der Waals surface area (Å²) < 4.78 is 5.59. The highest BCUT2D eigenvalue weighted by molar-refractivity contribution is 5.76. The van der Waals surface area contributed by atoms with Crippen LogP contribution in [0.25, 0.3) is 0 Å². The maximum atomic E-state index is 12.3. The van der Waals surface area contributed by atoms with E-state index in [1.54, 1.807) is 6.07 Å². The first-order chi connectivity index (χ1) is 10.1. The molecule has 0 aliphatic rings. The molecule has 2 N–H and O–H groups in total. The number of anilines is 1. The van der Waals surface area contributed by atoms with Gasteiger partial charge < -0.3 is 15.4 Å². The minimum atomic E-state index is 0.149. The van der Waals surface area contributed by atoms with Crippen molar-refractivity contribution in [3.05, 3.63) is 24.3 Å². The van der Waals surface area contributed by atoms with Gasteiger partial charge in [-0.3, -0.25) is 4.79 Å². The Morgan fingerprint density at radius 1 is 1.29 bits per heavy atom. The van der Waals surface area contributed by atoms with Crippen LogP contribution in [0.15, 0.2) is 24.3 Å². The van der Waals surface area contributed by atoms with E-state index in [0.29, 0.717) is 24.5 Å². The van der Waals surface area contributed by atoms with Crippen molar-refractivity contribution in [2.24, 2.45) is 0 Å². The highest BCUT2D eigenvalue weighted by Crippen LogP contribution is 2.19. The molecule has 0 saturated heterocycles. The van der Waals surface area contributed by atoms with Crippen molar-refractivity contribution in [3.8, 4) is 5.75 Å². The van der Waals surface area contributed by atoms with E-state index >= 15 is 0 Å². The van der Waals surface area contributed by atoms with Crippen molar-refractivity contribution >= 4 is 11.6 Å². The molecule has 4 nitrogen and oxygen atoms in total. The Labute approximate surface area is 128 Å². The molecule has 0 aliphatic carbocycles. The van der Waals surface area contributed by atoms with E-state index in [4.69, 9.17) is 10.5 Å². The molecule has 0 unspecified atom stereocenters. The number of para-hydroxylation sites is 2. The maximum Gasteiger partial charge on any atom is 0.226 e. The van der Waals surface area contributed by atoms with Crippen LogP contribution in [-0.2, 0) is 4.79 Å². The minimum absolute atomic E-state index is 0.149. The van der Waals surface area contributed by atoms with Gasteiger partial charge in [0.1, 0.15) is 5.75 Å². The fourth-order valence-corrected chi connectivity index (χ4v) is 2.21. The second kappa shape index (κ2) is 9.27. The van der Waals surface area contributed by atoms with Gasteiger partial charge in [-0.05, 0) is 32.4 Å². The zero-order valence-electron chi connectivity index (χ0n) is 13.5. The van der Waals surface area contributed by atoms with Crippen molar-refractivity contribution in [2.45, 2.75) is 52.5 Å². The Hall–Kier alpha value is -1.71. The lowest BCUT2D eigenvalue weighted by molar-refractivity contribution is -0.133. The quantitative estimate of drug-likeness (QED) is 0.560. The van der Waals surface area contributed by atoms with Gasteiger partial charge in [-0.1, -0.05) is 31.9 Å². The molecule has 0 saturated carbocycles. The highest BCUT2D eigenvalue weighted by atomic mass is 16.5. The summed E-state index contributed by atoms with van der Waals surface area (Å²) in [5, 5.41) is 0. The van der Waals surface area contributed by atoms with Crippen molar-refractivity contribution in [3.63, 3.8) is 0 Å². The number of benzene rings is 1. The van der Waals surface area contributed by atoms with Crippen molar-refractivity contribution < 1.29 is 9.53 Å². The summed E-state index contributed by atoms with van der Waals surface area (Å²) in [6, 6.07) is 7.58. The van der Waals surface area contributed by atoms with Crippen molar-refractivity contribution in [2.75, 3.05) is 18.9 Å². The summed E-state index contributed by atoms with van der Waals surface area (Å²) in [6.45, 7) is 7.47. The van der Waals surface area contributed by atoms with Gasteiger partial charge in [0.05, 0.1) is 18.7 Å². The Morgan fingerprint density at radius 3 is 2.62 bits per heavy atom. The second-order valence-electron chi connectivity index (χ2n) is 5.52. The number of nitrogens with two attached hydrogens (primary N) is 1. The molecule has 4 heteroatoms. The first-order valence-electron chi connectivity index (χ1n) is 7.83. The van der Waals surface area contributed by atoms with E-state index in [9.17, 15) is 4.79 Å². The first-order valence-corrected chi connectivity index (χ1v) is 7.83. The van der Waals surface area contributed by atoms with Crippen LogP contribution >= 0.6 is 0 Å². The van der Waals surface area contributed by atoms with E-state index in [1.807, 2.05) is 23.1 Å². The van der Waals surface area contributed by atoms with Gasteiger partial charge in [-0.25, -0.2) is 0 Å². The lowest BCUT2D eigenvalue weighted by atomic mass is 10.2. The third-order valence-corrected chi connectivity index (χ3v) is 3.44. The van der Waals surface area contributed by atoms with E-state index in [0.717, 1.165) is 25.8 Å². The number of rotatable bonds is 9. The van der Waals surface area contributed by atoms with Crippen LogP contribution in [0, 0.1) is 0 Å². The molecular formula is C17H28N2O2. The number of unbranched alkanes of at least 4 members (excludes halogenated alkanes) is 2. The van der Waals surface area contributed by atoms with Gasteiger partial charge in [0.2, 0.25) is 5.91 Å². The standard InChI is InChI=1S/C17H28N2O2/c1-4-5-8-12-19(14(2)3)17(20)11-13-21-16-10-7-6-9-15(16)18/h6-7,9-10,14H,4-5,8,11-13,18H2,1-3H3. The predicted molar refractivity (Wildman–Crippen MR) is 87.3 cm³/mol. The third kappa shape index (κ3) is 6.06. The molecular weight excluding hydrogens is 264 g/mol. The molecule has 0 aromatic heterocycles. The Balaban J connectivity index is 2.41. The Morgan fingerprint density at radius 2 is 2.00 bits per heavy atom. The SMILES string of the molecule is CCCCCN(C(=O)CCOc1ccccc1N)C(C)C. The number of hydrogen-bond donors (Lipinski definition) is 1. The molecule has 118 valence electrons. The second-order valence-corrected chi connectivity index (χ2v) is 5.52. The number of ether oxygens (including phenoxy) is 1. The number of carbonyl (C=O) groups is 1. The summed E-state index contributed by atoms with van der Waals surface area (Å²) in [5.74, 6) is 0.794. The van der Waals surface area contributed by atoms with Gasteiger partial charge in [-0.2, -0.15) is 0 Å². The molecule has 0 aliphatic heterocycles. The number of nitrogen functional groups attached to an aromatic ring is 1. The van der Waals surface area contributed by atoms with Crippen LogP contribution in [0.1, 0.15) is 46.5 Å². The average Bonchev–Trinajstić information content (AvgIpc) is 2.45. The summed E-state index contributed by atoms with van der Waals surface area (Å²) in [5.41, 5.74) is 6.41. The number of hydrogen-bond acceptors (Lipinski definition) is 3. The lowest BCUT2D eigenvalue weighted by Crippen LogP contribution is -2.38. The van der Waals surface area contributed by atoms with Crippen LogP contribution in [0.5, 0.6) is 5.75 Å². The minimum Gasteiger partial charge on any atom is -0.491 e. The highest BCUT2D eigenvalue weighted by Gasteiger charge is 2.16. The van der Waals surface area contributed by atoms with Gasteiger partial charge in [0.15, 0.2) is 0 Å². The van der Waals surface area contributed by atoms with E-state index in [1.165, 1.54) is 0 Å². The molecule has 1 aromatic rings. The topological polar surface area (TPSA) is 55.6 Å². The normalized spacial score (nSPS) is 10.7. The van der Waals surface area contributed by atoms with Crippen LogP contribution in [0.4, 0.5) is 5.69 Å². The van der Waals surface area contributed by atoms with Crippen molar-refractivity contribution in [1.29, 1.82) is 0 Å². The van der Waals surface area contributed by atoms with Crippen LogP contribution in [0.2, 0.25) is 0 Å². The zero-order valence-corrected chi connectivity index (χ0v) is 13.5. The number of amides is 1. The van der Waals surface area contributed by atoms with E-state index < -0.39 is 0 Å². The lowest BCUT2D eigenvalue weighted by Gasteiger charge is -2.27. The summed E-state index contributed by atoms with van der Waals surface area (Å²) in [4.78, 5) is 14.2. The Bertz CT molecular complexity index is 433. The van der Waals surface area contributed by atoms with Crippen LogP contribution < -0.4 is 10.5 Å². The fraction of sp³-hybridized carbons (Fsp3) is 0.588. The summed E-state index contributed by atoms with van der Waals surface area (Å²) >= 11 is 0. The Kier molecular flexibility index (Phi) is 7.65. The molecule has 0 bridgehead atoms. The summed E-state index contributed by atoms with van der Waals surface area (Å²) in [6.07, 6.45) is 3.77. The smallest absolute Gasteiger partial charge is 0.226 e. The molecule has 0 atom stereocenters. The monoisotopic (exact) mass is 292 g/mol. The predicted octanol–water partition coefficient (Wildman–Crippen LogP) is 3.46. The molecule has 1 amide bonds. The van der Waals surface area contributed by atoms with E-state index in [2.05, 4.69) is 20.8 Å². The fourth-order valence-electron chi connectivity index (χ4n) is 2.21. The van der Waals surface area contributed by atoms with Crippen molar-refractivity contribution in [1.82, 2.24) is 4.90 Å². The molecule has 0 heterocycles. The van der Waals surface area contributed by atoms with Gasteiger partial charge in [0, 0.05) is 12.6 Å². The van der Waals surface area contributed by atoms with E-state index in [-0.39, 0.29) is 11.9 Å². The number of nitrogens with zero attached hydrogens (tertiary/aromatic N) is 1. The molecule has 0 radical (unpaired) electrons. The molecule has 21 heavy (non-hydrogen) atoms. The van der Waals surface area contributed by atoms with Gasteiger partial charge in [0.25, 0.3) is 0 Å². The molecule has 1 rings (SSSR count). The first kappa shape index (κ1) is 17.3. The number of carbonyl (C=O) groups excluding carboxylic acids is 1. The zero-order chi connectivity index (χ0) is 15.7. The van der Waals surface area contributed by atoms with Crippen LogP contribution in [0.3, 0.4) is 0 Å².